The summed E-state index contributed by atoms with van der Waals surface area (Å²) in [5.41, 5.74) is 2.41. The van der Waals surface area contributed by atoms with Crippen LogP contribution < -0.4 is 24.0 Å². The fourth-order valence-electron chi connectivity index (χ4n) is 5.73. The molecule has 0 aliphatic heterocycles. The lowest BCUT2D eigenvalue weighted by atomic mass is 9.93. The van der Waals surface area contributed by atoms with Crippen molar-refractivity contribution < 1.29 is 32.3 Å². The van der Waals surface area contributed by atoms with Gasteiger partial charge in [-0.1, -0.05) is 72.8 Å². The van der Waals surface area contributed by atoms with E-state index in [0.717, 1.165) is 5.56 Å². The summed E-state index contributed by atoms with van der Waals surface area (Å²) in [6.45, 7) is 7.87. The Labute approximate surface area is 311 Å². The number of ether oxygens (including phenoxy) is 2. The summed E-state index contributed by atoms with van der Waals surface area (Å²) in [6, 6.07) is 23.4. The highest BCUT2D eigenvalue weighted by Crippen LogP contribution is 2.24. The molecule has 12 nitrogen and oxygen atoms in total. The number of anilines is 2. The molecule has 0 spiro atoms. The average molecular weight is 740 g/mol. The number of hydrogen-bond donors (Lipinski definition) is 1. The van der Waals surface area contributed by atoms with Crippen LogP contribution in [0.2, 0.25) is 0 Å². The van der Waals surface area contributed by atoms with Crippen LogP contribution in [0.4, 0.5) is 11.4 Å². The second kappa shape index (κ2) is 19.8. The van der Waals surface area contributed by atoms with Crippen LogP contribution in [0.5, 0.6) is 11.8 Å². The van der Waals surface area contributed by atoms with E-state index < -0.39 is 39.4 Å². The summed E-state index contributed by atoms with van der Waals surface area (Å²) >= 11 is 0. The van der Waals surface area contributed by atoms with Gasteiger partial charge in [-0.15, -0.1) is 13.2 Å². The van der Waals surface area contributed by atoms with Gasteiger partial charge in [-0.2, -0.15) is 0 Å². The molecule has 1 N–H and O–H groups in total. The van der Waals surface area contributed by atoms with Crippen LogP contribution in [0.1, 0.15) is 24.0 Å². The number of sulfonamides is 1. The van der Waals surface area contributed by atoms with Crippen molar-refractivity contribution in [3.63, 3.8) is 0 Å². The molecule has 2 amide bonds. The van der Waals surface area contributed by atoms with Crippen LogP contribution in [0.15, 0.2) is 123 Å². The van der Waals surface area contributed by atoms with E-state index >= 15 is 0 Å². The van der Waals surface area contributed by atoms with Crippen LogP contribution >= 0.6 is 0 Å². The Morgan fingerprint density at radius 2 is 1.30 bits per heavy atom. The number of Topliss-reactive ketones (excluding diaryl/α,β-unsaturated/α-hetero) is 1. The summed E-state index contributed by atoms with van der Waals surface area (Å²) in [4.78, 5) is 53.3. The first kappa shape index (κ1) is 40.1. The van der Waals surface area contributed by atoms with Gasteiger partial charge in [-0.25, -0.2) is 23.1 Å². The molecular weight excluding hydrogens is 695 g/mol. The summed E-state index contributed by atoms with van der Waals surface area (Å²) < 4.78 is 40.3. The highest BCUT2D eigenvalue weighted by molar-refractivity contribution is 7.90. The standard InChI is InChI=1S/C40H45N5O7S/c1-5-7-23-45(34-19-21-38(52-4)42-28-34)39(47)32(24-30-14-10-8-11-15-30)26-35(46)29-53(49,50)43-36(25-31-16-12-9-13-17-31)40(48)44(22-6-2)33-18-20-37(51-3)41-27-33/h5-6,8-21,27-28,32,36,43H,1-2,7,22-26,29H2,3-4H3/t32-,36+/m1/s1. The number of carbonyl (C=O) groups is 3. The van der Waals surface area contributed by atoms with Gasteiger partial charge in [0.15, 0.2) is 0 Å². The van der Waals surface area contributed by atoms with Gasteiger partial charge in [-0.05, 0) is 42.5 Å². The maximum Gasteiger partial charge on any atom is 0.245 e. The van der Waals surface area contributed by atoms with Crippen molar-refractivity contribution in [1.82, 2.24) is 14.7 Å². The van der Waals surface area contributed by atoms with E-state index in [1.807, 2.05) is 36.4 Å². The number of ketones is 1. The second-order valence-corrected chi connectivity index (χ2v) is 13.9. The molecule has 53 heavy (non-hydrogen) atoms. The van der Waals surface area contributed by atoms with Crippen molar-refractivity contribution in [3.05, 3.63) is 134 Å². The van der Waals surface area contributed by atoms with Gasteiger partial charge < -0.3 is 19.3 Å². The van der Waals surface area contributed by atoms with Crippen LogP contribution in [-0.2, 0) is 37.2 Å². The SMILES string of the molecule is C=CCCN(C(=O)[C@@H](CC(=O)CS(=O)(=O)N[C@@H](Cc1ccccc1)C(=O)N(CC=C)c1ccc(OC)nc1)Cc1ccccc1)c1ccc(OC)nc1. The zero-order chi connectivity index (χ0) is 38.2. The first-order chi connectivity index (χ1) is 25.6. The fourth-order valence-corrected chi connectivity index (χ4v) is 6.97. The Balaban J connectivity index is 1.59. The molecule has 0 radical (unpaired) electrons. The zero-order valence-corrected chi connectivity index (χ0v) is 30.8. The van der Waals surface area contributed by atoms with Crippen molar-refractivity contribution in [2.75, 3.05) is 42.9 Å². The monoisotopic (exact) mass is 739 g/mol. The largest absolute Gasteiger partial charge is 0.481 e. The van der Waals surface area contributed by atoms with Gasteiger partial charge in [0.05, 0.1) is 38.0 Å². The van der Waals surface area contributed by atoms with Crippen molar-refractivity contribution in [3.8, 4) is 11.8 Å². The predicted octanol–water partition coefficient (Wildman–Crippen LogP) is 4.97. The lowest BCUT2D eigenvalue weighted by molar-refractivity contribution is -0.126. The molecule has 0 bridgehead atoms. The Morgan fingerprint density at radius 1 is 0.755 bits per heavy atom. The summed E-state index contributed by atoms with van der Waals surface area (Å²) in [6.07, 6.45) is 6.46. The molecule has 0 unspecified atom stereocenters. The van der Waals surface area contributed by atoms with E-state index in [4.69, 9.17) is 9.47 Å². The van der Waals surface area contributed by atoms with Gasteiger partial charge in [0.1, 0.15) is 17.6 Å². The van der Waals surface area contributed by atoms with E-state index in [0.29, 0.717) is 35.1 Å². The van der Waals surface area contributed by atoms with Crippen LogP contribution in [0, 0.1) is 5.92 Å². The number of nitrogens with zero attached hydrogens (tertiary/aromatic N) is 4. The Bertz CT molecular complexity index is 1920. The van der Waals surface area contributed by atoms with Crippen LogP contribution in [-0.4, -0.2) is 75.1 Å². The quantitative estimate of drug-likeness (QED) is 0.117. The third kappa shape index (κ3) is 11.9. The maximum absolute atomic E-state index is 14.2. The normalized spacial score (nSPS) is 12.2. The molecule has 0 aliphatic carbocycles. The summed E-state index contributed by atoms with van der Waals surface area (Å²) in [5.74, 6) is -2.75. The van der Waals surface area contributed by atoms with Crippen LogP contribution in [0.3, 0.4) is 0 Å². The molecule has 0 fully saturated rings. The molecular formula is C40H45N5O7S. The molecule has 0 aliphatic rings. The van der Waals surface area contributed by atoms with Gasteiger partial charge in [0.2, 0.25) is 33.6 Å². The molecule has 2 heterocycles. The molecule has 0 saturated heterocycles. The third-order valence-corrected chi connectivity index (χ3v) is 9.63. The van der Waals surface area contributed by atoms with Crippen molar-refractivity contribution in [2.24, 2.45) is 5.92 Å². The number of methoxy groups -OCH3 is 2. The van der Waals surface area contributed by atoms with Crippen LogP contribution in [0.25, 0.3) is 0 Å². The third-order valence-electron chi connectivity index (χ3n) is 8.29. The van der Waals surface area contributed by atoms with Crippen molar-refractivity contribution in [1.29, 1.82) is 0 Å². The van der Waals surface area contributed by atoms with E-state index in [-0.39, 0.29) is 38.3 Å². The Morgan fingerprint density at radius 3 is 1.79 bits per heavy atom. The van der Waals surface area contributed by atoms with Gasteiger partial charge in [0, 0.05) is 37.6 Å². The minimum absolute atomic E-state index is 0.00754. The predicted molar refractivity (Wildman–Crippen MR) is 205 cm³/mol. The molecule has 2 atom stereocenters. The van der Waals surface area contributed by atoms with E-state index in [1.54, 1.807) is 54.6 Å². The molecule has 278 valence electrons. The average Bonchev–Trinajstić information content (AvgIpc) is 3.17. The maximum atomic E-state index is 14.2. The van der Waals surface area contributed by atoms with Gasteiger partial charge >= 0.3 is 0 Å². The molecule has 4 aromatic rings. The smallest absolute Gasteiger partial charge is 0.245 e. The van der Waals surface area contributed by atoms with E-state index in [2.05, 4.69) is 27.8 Å². The molecule has 4 rings (SSSR count). The summed E-state index contributed by atoms with van der Waals surface area (Å²) in [5, 5.41) is 0. The van der Waals surface area contributed by atoms with Crippen molar-refractivity contribution in [2.45, 2.75) is 31.7 Å². The second-order valence-electron chi connectivity index (χ2n) is 12.2. The van der Waals surface area contributed by atoms with Gasteiger partial charge in [0.25, 0.3) is 0 Å². The number of nitrogens with one attached hydrogen (secondary N) is 1. The Kier molecular flexibility index (Phi) is 15.0. The zero-order valence-electron chi connectivity index (χ0n) is 30.0. The highest BCUT2D eigenvalue weighted by atomic mass is 32.2. The van der Waals surface area contributed by atoms with Gasteiger partial charge in [-0.3, -0.25) is 14.4 Å². The Hall–Kier alpha value is -5.66. The number of pyridine rings is 2. The number of rotatable bonds is 21. The number of carbonyl (C=O) groups excluding carboxylic acids is 3. The molecule has 13 heteroatoms. The number of benzene rings is 2. The first-order valence-electron chi connectivity index (χ1n) is 17.0. The lowest BCUT2D eigenvalue weighted by Crippen LogP contribution is -2.51. The number of amides is 2. The molecule has 0 saturated carbocycles. The number of hydrogen-bond acceptors (Lipinski definition) is 9. The van der Waals surface area contributed by atoms with E-state index in [1.165, 1.54) is 42.5 Å². The number of aromatic nitrogens is 2. The lowest BCUT2D eigenvalue weighted by Gasteiger charge is -2.28. The highest BCUT2D eigenvalue weighted by Gasteiger charge is 2.33. The van der Waals surface area contributed by atoms with E-state index in [9.17, 15) is 22.8 Å². The first-order valence-corrected chi connectivity index (χ1v) is 18.7. The summed E-state index contributed by atoms with van der Waals surface area (Å²) in [7, 11) is -1.44. The minimum atomic E-state index is -4.40. The molecule has 2 aromatic carbocycles. The molecule has 2 aromatic heterocycles. The minimum Gasteiger partial charge on any atom is -0.481 e. The fraction of sp³-hybridized carbons (Fsp3) is 0.275. The van der Waals surface area contributed by atoms with Crippen molar-refractivity contribution >= 4 is 39.0 Å². The topological polar surface area (TPSA) is 148 Å².